The van der Waals surface area contributed by atoms with E-state index in [-0.39, 0.29) is 30.8 Å². The number of nitrogens with zero attached hydrogens (tertiary/aromatic N) is 1. The number of benzene rings is 2. The van der Waals surface area contributed by atoms with Crippen molar-refractivity contribution >= 4 is 5.91 Å². The van der Waals surface area contributed by atoms with Gasteiger partial charge in [-0.15, -0.1) is 0 Å². The smallest absolute Gasteiger partial charge is 0.419 e. The number of carbonyl (C=O) groups excluding carboxylic acids is 1. The van der Waals surface area contributed by atoms with Crippen LogP contribution in [0.4, 0.5) is 13.2 Å². The number of carbonyl (C=O) groups is 1. The first-order chi connectivity index (χ1) is 14.7. The zero-order valence-electron chi connectivity index (χ0n) is 17.1. The van der Waals surface area contributed by atoms with Crippen LogP contribution in [0.25, 0.3) is 0 Å². The fourth-order valence-electron chi connectivity index (χ4n) is 4.18. The minimum absolute atomic E-state index is 0.0653. The molecular weight excluding hydrogens is 411 g/mol. The molecule has 2 aromatic rings. The minimum atomic E-state index is -4.46. The number of alkyl halides is 3. The van der Waals surface area contributed by atoms with Gasteiger partial charge < -0.3 is 19.5 Å². The van der Waals surface area contributed by atoms with Gasteiger partial charge in [0.1, 0.15) is 11.4 Å². The van der Waals surface area contributed by atoms with Gasteiger partial charge >= 0.3 is 6.18 Å². The topological polar surface area (TPSA) is 59.0 Å². The zero-order valence-corrected chi connectivity index (χ0v) is 17.1. The van der Waals surface area contributed by atoms with Crippen LogP contribution in [-0.4, -0.2) is 49.3 Å². The van der Waals surface area contributed by atoms with E-state index in [1.807, 2.05) is 0 Å². The summed E-state index contributed by atoms with van der Waals surface area (Å²) in [6.07, 6.45) is -3.14. The number of ether oxygens (including phenoxy) is 2. The van der Waals surface area contributed by atoms with Crippen molar-refractivity contribution in [1.29, 1.82) is 0 Å². The molecule has 2 saturated heterocycles. The first kappa shape index (κ1) is 21.6. The van der Waals surface area contributed by atoms with Gasteiger partial charge in [-0.05, 0) is 54.2 Å². The summed E-state index contributed by atoms with van der Waals surface area (Å²) in [6, 6.07) is 10.9. The Morgan fingerprint density at radius 3 is 2.29 bits per heavy atom. The van der Waals surface area contributed by atoms with Gasteiger partial charge in [-0.3, -0.25) is 4.79 Å². The van der Waals surface area contributed by atoms with Gasteiger partial charge in [-0.2, -0.15) is 13.2 Å². The van der Waals surface area contributed by atoms with Crippen molar-refractivity contribution in [2.45, 2.75) is 30.5 Å². The van der Waals surface area contributed by atoms with Crippen LogP contribution in [0.3, 0.4) is 0 Å². The SMILES string of the molecule is COc1cc(C2CCN(C(=O)c3ccc(C4(O)COC4)cc3)CC2)ccc1C(F)(F)F. The monoisotopic (exact) mass is 435 g/mol. The molecule has 2 aliphatic heterocycles. The van der Waals surface area contributed by atoms with E-state index in [1.54, 1.807) is 29.2 Å². The third-order valence-corrected chi connectivity index (χ3v) is 6.14. The average molecular weight is 435 g/mol. The van der Waals surface area contributed by atoms with Gasteiger partial charge in [0.2, 0.25) is 0 Å². The van der Waals surface area contributed by atoms with Crippen molar-refractivity contribution < 1.29 is 32.5 Å². The van der Waals surface area contributed by atoms with Gasteiger partial charge in [0, 0.05) is 18.7 Å². The molecule has 1 N–H and O–H groups in total. The number of hydrogen-bond donors (Lipinski definition) is 1. The van der Waals surface area contributed by atoms with E-state index < -0.39 is 17.3 Å². The summed E-state index contributed by atoms with van der Waals surface area (Å²) in [7, 11) is 1.23. The van der Waals surface area contributed by atoms with Gasteiger partial charge in [-0.1, -0.05) is 18.2 Å². The van der Waals surface area contributed by atoms with Crippen LogP contribution in [0, 0.1) is 0 Å². The van der Waals surface area contributed by atoms with Crippen molar-refractivity contribution in [3.05, 3.63) is 64.7 Å². The Kier molecular flexibility index (Phi) is 5.70. The molecule has 0 atom stereocenters. The van der Waals surface area contributed by atoms with Crippen LogP contribution in [0.1, 0.15) is 45.8 Å². The fraction of sp³-hybridized carbons (Fsp3) is 0.435. The number of hydrogen-bond acceptors (Lipinski definition) is 4. The highest BCUT2D eigenvalue weighted by atomic mass is 19.4. The van der Waals surface area contributed by atoms with E-state index in [9.17, 15) is 23.1 Å². The largest absolute Gasteiger partial charge is 0.496 e. The van der Waals surface area contributed by atoms with Crippen LogP contribution in [-0.2, 0) is 16.5 Å². The van der Waals surface area contributed by atoms with Crippen LogP contribution >= 0.6 is 0 Å². The highest BCUT2D eigenvalue weighted by molar-refractivity contribution is 5.94. The summed E-state index contributed by atoms with van der Waals surface area (Å²) < 4.78 is 49.3. The molecule has 0 bridgehead atoms. The average Bonchev–Trinajstić information content (AvgIpc) is 2.76. The number of aliphatic hydroxyl groups is 1. The van der Waals surface area contributed by atoms with Crippen molar-refractivity contribution in [2.24, 2.45) is 0 Å². The molecule has 2 aromatic carbocycles. The maximum atomic E-state index is 13.1. The molecule has 0 spiro atoms. The summed E-state index contributed by atoms with van der Waals surface area (Å²) in [5, 5.41) is 10.3. The Bertz CT molecular complexity index is 946. The predicted molar refractivity (Wildman–Crippen MR) is 107 cm³/mol. The molecule has 1 amide bonds. The van der Waals surface area contributed by atoms with Crippen LogP contribution in [0.5, 0.6) is 5.75 Å². The number of halogens is 3. The van der Waals surface area contributed by atoms with E-state index in [4.69, 9.17) is 9.47 Å². The summed E-state index contributed by atoms with van der Waals surface area (Å²) in [5.74, 6) is -0.204. The third kappa shape index (κ3) is 4.27. The lowest BCUT2D eigenvalue weighted by Crippen LogP contribution is -2.46. The van der Waals surface area contributed by atoms with Gasteiger partial charge in [0.25, 0.3) is 5.91 Å². The summed E-state index contributed by atoms with van der Waals surface area (Å²) in [5.41, 5.74) is 0.306. The van der Waals surface area contributed by atoms with E-state index in [1.165, 1.54) is 19.2 Å². The minimum Gasteiger partial charge on any atom is -0.496 e. The molecule has 0 aliphatic carbocycles. The molecule has 166 valence electrons. The van der Waals surface area contributed by atoms with Crippen molar-refractivity contribution in [1.82, 2.24) is 4.90 Å². The highest BCUT2D eigenvalue weighted by Gasteiger charge is 2.38. The first-order valence-electron chi connectivity index (χ1n) is 10.2. The highest BCUT2D eigenvalue weighted by Crippen LogP contribution is 2.39. The molecule has 2 heterocycles. The zero-order chi connectivity index (χ0) is 22.2. The molecule has 8 heteroatoms. The molecule has 31 heavy (non-hydrogen) atoms. The molecule has 2 fully saturated rings. The van der Waals surface area contributed by atoms with Crippen molar-refractivity contribution in [2.75, 3.05) is 33.4 Å². The number of methoxy groups -OCH3 is 1. The molecule has 5 nitrogen and oxygen atoms in total. The maximum Gasteiger partial charge on any atom is 0.419 e. The second-order valence-corrected chi connectivity index (χ2v) is 8.13. The summed E-state index contributed by atoms with van der Waals surface area (Å²) in [6.45, 7) is 1.55. The second-order valence-electron chi connectivity index (χ2n) is 8.13. The molecule has 0 radical (unpaired) electrons. The third-order valence-electron chi connectivity index (χ3n) is 6.14. The molecule has 0 saturated carbocycles. The number of piperidine rings is 1. The predicted octanol–water partition coefficient (Wildman–Crippen LogP) is 3.95. The Morgan fingerprint density at radius 2 is 1.77 bits per heavy atom. The van der Waals surface area contributed by atoms with Crippen LogP contribution in [0.2, 0.25) is 0 Å². The lowest BCUT2D eigenvalue weighted by Gasteiger charge is -2.37. The maximum absolute atomic E-state index is 13.1. The molecule has 0 aromatic heterocycles. The standard InChI is InChI=1S/C23H24F3NO4/c1-30-20-12-17(4-7-19(20)23(24,25)26)15-8-10-27(11-9-15)21(28)16-2-5-18(6-3-16)22(29)13-31-14-22/h2-7,12,15,29H,8-11,13-14H2,1H3. The van der Waals surface area contributed by atoms with E-state index in [0.29, 0.717) is 31.5 Å². The van der Waals surface area contributed by atoms with Crippen LogP contribution < -0.4 is 4.74 Å². The number of rotatable bonds is 4. The van der Waals surface area contributed by atoms with Gasteiger partial charge in [0.05, 0.1) is 25.9 Å². The van der Waals surface area contributed by atoms with E-state index >= 15 is 0 Å². The Labute approximate surface area is 178 Å². The number of likely N-dealkylation sites (tertiary alicyclic amines) is 1. The van der Waals surface area contributed by atoms with Crippen LogP contribution in [0.15, 0.2) is 42.5 Å². The molecule has 2 aliphatic rings. The van der Waals surface area contributed by atoms with Crippen molar-refractivity contribution in [3.63, 3.8) is 0 Å². The fourth-order valence-corrected chi connectivity index (χ4v) is 4.18. The Hall–Kier alpha value is -2.58. The Balaban J connectivity index is 1.40. The van der Waals surface area contributed by atoms with Crippen molar-refractivity contribution in [3.8, 4) is 5.75 Å². The van der Waals surface area contributed by atoms with Gasteiger partial charge in [-0.25, -0.2) is 0 Å². The lowest BCUT2D eigenvalue weighted by atomic mass is 9.88. The van der Waals surface area contributed by atoms with E-state index in [2.05, 4.69) is 0 Å². The molecule has 4 rings (SSSR count). The van der Waals surface area contributed by atoms with E-state index in [0.717, 1.165) is 17.2 Å². The van der Waals surface area contributed by atoms with Gasteiger partial charge in [0.15, 0.2) is 0 Å². The first-order valence-corrected chi connectivity index (χ1v) is 10.2. The lowest BCUT2D eigenvalue weighted by molar-refractivity contribution is -0.184. The normalized spacial score (nSPS) is 19.1. The molecular formula is C23H24F3NO4. The molecule has 0 unspecified atom stereocenters. The number of amides is 1. The summed E-state index contributed by atoms with van der Waals surface area (Å²) in [4.78, 5) is 14.6. The summed E-state index contributed by atoms with van der Waals surface area (Å²) >= 11 is 0. The Morgan fingerprint density at radius 1 is 1.13 bits per heavy atom. The quantitative estimate of drug-likeness (QED) is 0.790. The second kappa shape index (κ2) is 8.16.